The number of amides is 2. The van der Waals surface area contributed by atoms with Crippen LogP contribution in [0.2, 0.25) is 10.0 Å². The number of halogens is 2. The molecule has 11 heteroatoms. The van der Waals surface area contributed by atoms with Crippen LogP contribution in [0.25, 0.3) is 0 Å². The molecule has 41 heavy (non-hydrogen) atoms. The van der Waals surface area contributed by atoms with Crippen molar-refractivity contribution in [2.45, 2.75) is 45.6 Å². The summed E-state index contributed by atoms with van der Waals surface area (Å²) in [6.07, 6.45) is 2.86. The van der Waals surface area contributed by atoms with E-state index in [9.17, 15) is 14.7 Å². The molecule has 2 amide bonds. The van der Waals surface area contributed by atoms with Crippen molar-refractivity contribution < 1.29 is 28.9 Å². The number of ether oxygens (including phenoxy) is 3. The third kappa shape index (κ3) is 9.31. The summed E-state index contributed by atoms with van der Waals surface area (Å²) in [6.45, 7) is 6.57. The summed E-state index contributed by atoms with van der Waals surface area (Å²) in [5, 5.41) is 16.7. The van der Waals surface area contributed by atoms with Gasteiger partial charge in [0.05, 0.1) is 43.0 Å². The Labute approximate surface area is 252 Å². The summed E-state index contributed by atoms with van der Waals surface area (Å²) in [4.78, 5) is 27.3. The minimum absolute atomic E-state index is 0.0741. The van der Waals surface area contributed by atoms with E-state index in [0.29, 0.717) is 58.3 Å². The fraction of sp³-hybridized carbons (Fsp3) is 0.533. The molecule has 3 rings (SSSR count). The molecule has 0 saturated carbocycles. The number of anilines is 1. The molecule has 1 saturated heterocycles. The van der Waals surface area contributed by atoms with Gasteiger partial charge in [0.15, 0.2) is 11.5 Å². The lowest BCUT2D eigenvalue weighted by Gasteiger charge is -2.36. The molecule has 1 aliphatic heterocycles. The van der Waals surface area contributed by atoms with Crippen LogP contribution in [0.1, 0.15) is 38.7 Å². The summed E-state index contributed by atoms with van der Waals surface area (Å²) in [5.74, 6) is 0.618. The monoisotopic (exact) mass is 609 g/mol. The highest BCUT2D eigenvalue weighted by Crippen LogP contribution is 2.40. The number of urea groups is 1. The van der Waals surface area contributed by atoms with E-state index in [1.165, 1.54) is 21.3 Å². The molecule has 0 radical (unpaired) electrons. The van der Waals surface area contributed by atoms with Crippen molar-refractivity contribution in [1.82, 2.24) is 10.2 Å². The average molecular weight is 611 g/mol. The first kappa shape index (κ1) is 32.6. The van der Waals surface area contributed by atoms with Gasteiger partial charge in [0.1, 0.15) is 0 Å². The second-order valence-electron chi connectivity index (χ2n) is 10.8. The number of hydrogen-bond acceptors (Lipinski definition) is 6. The second-order valence-corrected chi connectivity index (χ2v) is 11.6. The number of nitrogens with zero attached hydrogens (tertiary/aromatic N) is 1. The van der Waals surface area contributed by atoms with Crippen molar-refractivity contribution in [1.29, 1.82) is 0 Å². The van der Waals surface area contributed by atoms with Crippen LogP contribution in [0.5, 0.6) is 17.2 Å². The minimum Gasteiger partial charge on any atom is -0.493 e. The highest BCUT2D eigenvalue weighted by molar-refractivity contribution is 6.42. The van der Waals surface area contributed by atoms with Gasteiger partial charge >= 0.3 is 12.0 Å². The summed E-state index contributed by atoms with van der Waals surface area (Å²) in [5.41, 5.74) is 1.40. The highest BCUT2D eigenvalue weighted by atomic mass is 35.5. The quantitative estimate of drug-likeness (QED) is 0.247. The summed E-state index contributed by atoms with van der Waals surface area (Å²) >= 11 is 12.1. The zero-order chi connectivity index (χ0) is 30.1. The van der Waals surface area contributed by atoms with Gasteiger partial charge in [-0.05, 0) is 68.3 Å². The number of aliphatic carboxylic acids is 1. The van der Waals surface area contributed by atoms with E-state index in [4.69, 9.17) is 37.4 Å². The Bertz CT molecular complexity index is 1160. The fourth-order valence-corrected chi connectivity index (χ4v) is 5.54. The number of hydrogen-bond donors (Lipinski definition) is 3. The number of likely N-dealkylation sites (tertiary alicyclic amines) is 1. The van der Waals surface area contributed by atoms with E-state index in [2.05, 4.69) is 29.4 Å². The van der Waals surface area contributed by atoms with Crippen LogP contribution < -0.4 is 24.8 Å². The molecule has 0 spiro atoms. The molecule has 2 atom stereocenters. The number of piperidine rings is 1. The first-order valence-electron chi connectivity index (χ1n) is 13.8. The molecule has 2 unspecified atom stereocenters. The molecule has 2 aromatic rings. The first-order valence-corrected chi connectivity index (χ1v) is 14.6. The van der Waals surface area contributed by atoms with Gasteiger partial charge in [-0.1, -0.05) is 43.1 Å². The largest absolute Gasteiger partial charge is 0.493 e. The predicted octanol–water partition coefficient (Wildman–Crippen LogP) is 6.21. The first-order chi connectivity index (χ1) is 19.5. The summed E-state index contributed by atoms with van der Waals surface area (Å²) < 4.78 is 16.1. The molecule has 0 aromatic heterocycles. The molecule has 2 aromatic carbocycles. The van der Waals surface area contributed by atoms with Crippen molar-refractivity contribution in [3.05, 3.63) is 45.9 Å². The number of nitrogens with one attached hydrogen (secondary N) is 2. The fourth-order valence-electron chi connectivity index (χ4n) is 5.22. The van der Waals surface area contributed by atoms with Crippen molar-refractivity contribution in [3.8, 4) is 17.2 Å². The standard InChI is InChI=1S/C30H41Cl2N3O6/c1-18(2)25(34-30(38)33-22-15-26(39-3)28(41-5)27(16-22)40-4)17-35-10-8-19(9-11-35)12-21(29(36)37)13-20-6-7-23(31)24(32)14-20/h6-7,14-16,18-19,21,25H,8-13,17H2,1-5H3,(H,36,37)(H2,33,34,38). The van der Waals surface area contributed by atoms with Gasteiger partial charge in [-0.25, -0.2) is 4.79 Å². The third-order valence-electron chi connectivity index (χ3n) is 7.64. The number of carbonyl (C=O) groups is 2. The molecular weight excluding hydrogens is 569 g/mol. The maximum absolute atomic E-state index is 12.9. The van der Waals surface area contributed by atoms with Crippen LogP contribution in [0.4, 0.5) is 10.5 Å². The molecular formula is C30H41Cl2N3O6. The van der Waals surface area contributed by atoms with Gasteiger partial charge in [-0.15, -0.1) is 0 Å². The maximum atomic E-state index is 12.9. The van der Waals surface area contributed by atoms with E-state index in [1.54, 1.807) is 24.3 Å². The molecule has 226 valence electrons. The second kappa shape index (κ2) is 15.4. The lowest BCUT2D eigenvalue weighted by molar-refractivity contribution is -0.142. The average Bonchev–Trinajstić information content (AvgIpc) is 2.94. The molecule has 0 aliphatic carbocycles. The summed E-state index contributed by atoms with van der Waals surface area (Å²) in [6, 6.07) is 8.27. The topological polar surface area (TPSA) is 109 Å². The normalized spacial score (nSPS) is 15.7. The van der Waals surface area contributed by atoms with E-state index < -0.39 is 11.9 Å². The zero-order valence-electron chi connectivity index (χ0n) is 24.3. The molecule has 1 heterocycles. The Kier molecular flexibility index (Phi) is 12.2. The number of methoxy groups -OCH3 is 3. The van der Waals surface area contributed by atoms with Crippen LogP contribution >= 0.6 is 23.2 Å². The lowest BCUT2D eigenvalue weighted by Crippen LogP contribution is -2.49. The van der Waals surface area contributed by atoms with Crippen molar-refractivity contribution in [2.24, 2.45) is 17.8 Å². The van der Waals surface area contributed by atoms with Crippen LogP contribution in [-0.4, -0.2) is 69.0 Å². The van der Waals surface area contributed by atoms with Gasteiger partial charge in [0, 0.05) is 24.7 Å². The van der Waals surface area contributed by atoms with Crippen LogP contribution in [-0.2, 0) is 11.2 Å². The van der Waals surface area contributed by atoms with Crippen molar-refractivity contribution in [3.63, 3.8) is 0 Å². The summed E-state index contributed by atoms with van der Waals surface area (Å²) in [7, 11) is 4.58. The SMILES string of the molecule is COc1cc(NC(=O)NC(CN2CCC(CC(Cc3ccc(Cl)c(Cl)c3)C(=O)O)CC2)C(C)C)cc(OC)c1OC. The van der Waals surface area contributed by atoms with Gasteiger partial charge in [0.25, 0.3) is 0 Å². The smallest absolute Gasteiger partial charge is 0.319 e. The van der Waals surface area contributed by atoms with Gasteiger partial charge in [0.2, 0.25) is 5.75 Å². The molecule has 0 bridgehead atoms. The van der Waals surface area contributed by atoms with Crippen LogP contribution in [0.3, 0.4) is 0 Å². The van der Waals surface area contributed by atoms with Gasteiger partial charge in [-0.3, -0.25) is 4.79 Å². The Morgan fingerprint density at radius 2 is 1.63 bits per heavy atom. The number of carboxylic acid groups (broad SMARTS) is 1. The van der Waals surface area contributed by atoms with Gasteiger partial charge in [-0.2, -0.15) is 0 Å². The molecule has 1 aliphatic rings. The minimum atomic E-state index is -0.791. The van der Waals surface area contributed by atoms with E-state index in [1.807, 2.05) is 6.07 Å². The number of carbonyl (C=O) groups excluding carboxylic acids is 1. The number of rotatable bonds is 13. The lowest BCUT2D eigenvalue weighted by atomic mass is 9.84. The van der Waals surface area contributed by atoms with Crippen LogP contribution in [0, 0.1) is 17.8 Å². The Balaban J connectivity index is 1.53. The molecule has 1 fully saturated rings. The third-order valence-corrected chi connectivity index (χ3v) is 8.38. The Morgan fingerprint density at radius 3 is 2.15 bits per heavy atom. The number of carboxylic acids is 1. The van der Waals surface area contributed by atoms with E-state index in [0.717, 1.165) is 31.5 Å². The molecule has 3 N–H and O–H groups in total. The van der Waals surface area contributed by atoms with E-state index in [-0.39, 0.29) is 18.0 Å². The Hall–Kier alpha value is -2.88. The predicted molar refractivity (Wildman–Crippen MR) is 162 cm³/mol. The number of benzene rings is 2. The Morgan fingerprint density at radius 1 is 1.00 bits per heavy atom. The highest BCUT2D eigenvalue weighted by Gasteiger charge is 2.28. The zero-order valence-corrected chi connectivity index (χ0v) is 25.8. The van der Waals surface area contributed by atoms with Crippen molar-refractivity contribution in [2.75, 3.05) is 46.3 Å². The van der Waals surface area contributed by atoms with Crippen LogP contribution in [0.15, 0.2) is 30.3 Å². The van der Waals surface area contributed by atoms with Gasteiger partial charge < -0.3 is 34.9 Å². The molecule has 9 nitrogen and oxygen atoms in total. The maximum Gasteiger partial charge on any atom is 0.319 e. The van der Waals surface area contributed by atoms with E-state index >= 15 is 0 Å². The van der Waals surface area contributed by atoms with Crippen molar-refractivity contribution >= 4 is 40.9 Å².